The number of anilines is 1. The van der Waals surface area contributed by atoms with Crippen LogP contribution < -0.4 is 10.1 Å². The van der Waals surface area contributed by atoms with E-state index < -0.39 is 0 Å². The van der Waals surface area contributed by atoms with Crippen LogP contribution in [-0.2, 0) is 6.54 Å². The van der Waals surface area contributed by atoms with Crippen LogP contribution in [0.5, 0.6) is 5.75 Å². The van der Waals surface area contributed by atoms with E-state index in [4.69, 9.17) is 27.9 Å². The first kappa shape index (κ1) is 15.0. The molecule has 0 fully saturated rings. The maximum atomic E-state index is 6.14. The molecule has 0 aliphatic heterocycles. The Balaban J connectivity index is 2.06. The van der Waals surface area contributed by atoms with Crippen molar-refractivity contribution < 1.29 is 4.74 Å². The highest BCUT2D eigenvalue weighted by atomic mass is 35.5. The van der Waals surface area contributed by atoms with Gasteiger partial charge in [-0.1, -0.05) is 48.3 Å². The van der Waals surface area contributed by atoms with E-state index in [0.29, 0.717) is 16.6 Å². The van der Waals surface area contributed by atoms with Gasteiger partial charge >= 0.3 is 0 Å². The molecule has 0 bridgehead atoms. The second kappa shape index (κ2) is 7.41. The van der Waals surface area contributed by atoms with Crippen molar-refractivity contribution in [1.29, 1.82) is 0 Å². The molecule has 2 aromatic carbocycles. The molecule has 0 radical (unpaired) electrons. The van der Waals surface area contributed by atoms with Crippen LogP contribution in [0, 0.1) is 0 Å². The molecular weight excluding hydrogens is 293 g/mol. The number of para-hydroxylation sites is 1. The van der Waals surface area contributed by atoms with Gasteiger partial charge in [0.15, 0.2) is 0 Å². The van der Waals surface area contributed by atoms with Crippen molar-refractivity contribution >= 4 is 28.9 Å². The van der Waals surface area contributed by atoms with E-state index >= 15 is 0 Å². The number of halogens is 2. The van der Waals surface area contributed by atoms with E-state index in [0.717, 1.165) is 30.0 Å². The average Bonchev–Trinajstić information content (AvgIpc) is 2.45. The van der Waals surface area contributed by atoms with Crippen molar-refractivity contribution in [2.75, 3.05) is 11.9 Å². The molecule has 0 heterocycles. The highest BCUT2D eigenvalue weighted by molar-refractivity contribution is 6.36. The lowest BCUT2D eigenvalue weighted by Crippen LogP contribution is -2.04. The van der Waals surface area contributed by atoms with Gasteiger partial charge in [-0.05, 0) is 30.7 Å². The van der Waals surface area contributed by atoms with Gasteiger partial charge in [-0.2, -0.15) is 0 Å². The standard InChI is InChI=1S/C16H17Cl2NO/c1-2-9-20-16-6-4-3-5-12(16)11-19-15-8-7-13(17)10-14(15)18/h3-8,10,19H,2,9,11H2,1H3. The average molecular weight is 310 g/mol. The molecule has 0 aromatic heterocycles. The van der Waals surface area contributed by atoms with Gasteiger partial charge < -0.3 is 10.1 Å². The van der Waals surface area contributed by atoms with Crippen LogP contribution in [0.2, 0.25) is 10.0 Å². The van der Waals surface area contributed by atoms with Gasteiger partial charge in [-0.3, -0.25) is 0 Å². The van der Waals surface area contributed by atoms with E-state index in [-0.39, 0.29) is 0 Å². The van der Waals surface area contributed by atoms with Gasteiger partial charge in [0.05, 0.1) is 17.3 Å². The lowest BCUT2D eigenvalue weighted by atomic mass is 10.2. The van der Waals surface area contributed by atoms with Crippen LogP contribution >= 0.6 is 23.2 Å². The number of benzene rings is 2. The lowest BCUT2D eigenvalue weighted by Gasteiger charge is -2.13. The molecule has 4 heteroatoms. The number of ether oxygens (including phenoxy) is 1. The highest BCUT2D eigenvalue weighted by Gasteiger charge is 2.05. The predicted molar refractivity (Wildman–Crippen MR) is 86.0 cm³/mol. The molecule has 0 amide bonds. The summed E-state index contributed by atoms with van der Waals surface area (Å²) in [7, 11) is 0. The second-order valence-corrected chi connectivity index (χ2v) is 5.28. The molecule has 0 unspecified atom stereocenters. The van der Waals surface area contributed by atoms with Crippen molar-refractivity contribution in [3.63, 3.8) is 0 Å². The van der Waals surface area contributed by atoms with Gasteiger partial charge in [-0.25, -0.2) is 0 Å². The Morgan fingerprint density at radius 3 is 2.65 bits per heavy atom. The first-order valence-corrected chi connectivity index (χ1v) is 7.36. The Bertz CT molecular complexity index is 572. The van der Waals surface area contributed by atoms with Crippen LogP contribution in [0.3, 0.4) is 0 Å². The molecule has 0 saturated heterocycles. The van der Waals surface area contributed by atoms with Gasteiger partial charge in [0.25, 0.3) is 0 Å². The number of rotatable bonds is 6. The molecule has 2 nitrogen and oxygen atoms in total. The van der Waals surface area contributed by atoms with Crippen LogP contribution in [-0.4, -0.2) is 6.61 Å². The maximum absolute atomic E-state index is 6.14. The minimum atomic E-state index is 0.615. The van der Waals surface area contributed by atoms with Crippen LogP contribution in [0.1, 0.15) is 18.9 Å². The summed E-state index contributed by atoms with van der Waals surface area (Å²) in [5, 5.41) is 4.55. The van der Waals surface area contributed by atoms with E-state index in [1.807, 2.05) is 36.4 Å². The van der Waals surface area contributed by atoms with Crippen molar-refractivity contribution in [1.82, 2.24) is 0 Å². The molecule has 0 aliphatic rings. The Labute approximate surface area is 129 Å². The first-order valence-electron chi connectivity index (χ1n) is 6.60. The van der Waals surface area contributed by atoms with Crippen LogP contribution in [0.25, 0.3) is 0 Å². The molecule has 0 spiro atoms. The number of nitrogens with one attached hydrogen (secondary N) is 1. The SMILES string of the molecule is CCCOc1ccccc1CNc1ccc(Cl)cc1Cl. The van der Waals surface area contributed by atoms with Gasteiger partial charge in [0.2, 0.25) is 0 Å². The predicted octanol–water partition coefficient (Wildman–Crippen LogP) is 5.39. The summed E-state index contributed by atoms with van der Waals surface area (Å²) in [6.07, 6.45) is 0.991. The summed E-state index contributed by atoms with van der Waals surface area (Å²) in [6, 6.07) is 13.4. The quantitative estimate of drug-likeness (QED) is 0.772. The molecular formula is C16H17Cl2NO. The van der Waals surface area contributed by atoms with E-state index in [9.17, 15) is 0 Å². The zero-order chi connectivity index (χ0) is 14.4. The Hall–Kier alpha value is -1.38. The summed E-state index contributed by atoms with van der Waals surface area (Å²) in [4.78, 5) is 0. The molecule has 106 valence electrons. The van der Waals surface area contributed by atoms with Crippen LogP contribution in [0.15, 0.2) is 42.5 Å². The van der Waals surface area contributed by atoms with Gasteiger partial charge in [0.1, 0.15) is 5.75 Å². The lowest BCUT2D eigenvalue weighted by molar-refractivity contribution is 0.314. The van der Waals surface area contributed by atoms with Gasteiger partial charge in [-0.15, -0.1) is 0 Å². The third kappa shape index (κ3) is 4.06. The monoisotopic (exact) mass is 309 g/mol. The summed E-state index contributed by atoms with van der Waals surface area (Å²) >= 11 is 12.0. The van der Waals surface area contributed by atoms with Crippen molar-refractivity contribution in [2.45, 2.75) is 19.9 Å². The molecule has 2 aromatic rings. The largest absolute Gasteiger partial charge is 0.493 e. The molecule has 1 N–H and O–H groups in total. The Kier molecular flexibility index (Phi) is 5.57. The van der Waals surface area contributed by atoms with E-state index in [1.54, 1.807) is 6.07 Å². The normalized spacial score (nSPS) is 10.3. The Morgan fingerprint density at radius 2 is 1.90 bits per heavy atom. The zero-order valence-electron chi connectivity index (χ0n) is 11.3. The fourth-order valence-corrected chi connectivity index (χ4v) is 2.30. The van der Waals surface area contributed by atoms with Crippen molar-refractivity contribution in [3.05, 3.63) is 58.1 Å². The first-order chi connectivity index (χ1) is 9.70. The van der Waals surface area contributed by atoms with Gasteiger partial charge in [0, 0.05) is 17.1 Å². The van der Waals surface area contributed by atoms with E-state index in [2.05, 4.69) is 12.2 Å². The minimum absolute atomic E-state index is 0.615. The molecule has 0 atom stereocenters. The summed E-state index contributed by atoms with van der Waals surface area (Å²) in [5.74, 6) is 0.909. The highest BCUT2D eigenvalue weighted by Crippen LogP contribution is 2.27. The number of hydrogen-bond donors (Lipinski definition) is 1. The Morgan fingerprint density at radius 1 is 1.10 bits per heavy atom. The maximum Gasteiger partial charge on any atom is 0.124 e. The fourth-order valence-electron chi connectivity index (χ4n) is 1.83. The van der Waals surface area contributed by atoms with Crippen LogP contribution in [0.4, 0.5) is 5.69 Å². The van der Waals surface area contributed by atoms with Crippen molar-refractivity contribution in [3.8, 4) is 5.75 Å². The van der Waals surface area contributed by atoms with Crippen molar-refractivity contribution in [2.24, 2.45) is 0 Å². The minimum Gasteiger partial charge on any atom is -0.493 e. The summed E-state index contributed by atoms with van der Waals surface area (Å²) in [6.45, 7) is 3.47. The zero-order valence-corrected chi connectivity index (χ0v) is 12.8. The smallest absolute Gasteiger partial charge is 0.124 e. The summed E-state index contributed by atoms with van der Waals surface area (Å²) in [5.41, 5.74) is 1.97. The molecule has 2 rings (SSSR count). The topological polar surface area (TPSA) is 21.3 Å². The molecule has 0 saturated carbocycles. The fraction of sp³-hybridized carbons (Fsp3) is 0.250. The summed E-state index contributed by atoms with van der Waals surface area (Å²) < 4.78 is 5.73. The number of hydrogen-bond acceptors (Lipinski definition) is 2. The third-order valence-electron chi connectivity index (χ3n) is 2.83. The van der Waals surface area contributed by atoms with E-state index in [1.165, 1.54) is 0 Å². The molecule has 0 aliphatic carbocycles. The molecule has 20 heavy (non-hydrogen) atoms. The second-order valence-electron chi connectivity index (χ2n) is 4.43. The third-order valence-corrected chi connectivity index (χ3v) is 3.38.